The first-order valence-electron chi connectivity index (χ1n) is 11.4. The maximum absolute atomic E-state index is 13.2. The van der Waals surface area contributed by atoms with Gasteiger partial charge in [0.05, 0.1) is 31.0 Å². The van der Waals surface area contributed by atoms with Crippen molar-refractivity contribution in [1.29, 1.82) is 0 Å². The fourth-order valence-corrected chi connectivity index (χ4v) is 4.72. The minimum atomic E-state index is -0.189. The van der Waals surface area contributed by atoms with Crippen LogP contribution in [-0.4, -0.2) is 47.3 Å². The number of carbonyl (C=O) groups is 1. The highest BCUT2D eigenvalue weighted by Gasteiger charge is 2.26. The standard InChI is InChI=1S/C26H31ClN4O2/c1-18-6-8-20(9-7-18)17-31-25(27)24(19(2)29-31)26(32)28-16-23(30-14-4-5-15-30)21-10-12-22(33-3)13-11-21/h6-13,23H,4-5,14-17H2,1-3H3,(H,28,32). The van der Waals surface area contributed by atoms with Gasteiger partial charge in [-0.25, -0.2) is 4.68 Å². The zero-order chi connectivity index (χ0) is 23.4. The van der Waals surface area contributed by atoms with Gasteiger partial charge in [0.25, 0.3) is 5.91 Å². The fraction of sp³-hybridized carbons (Fsp3) is 0.385. The Bertz CT molecular complexity index is 1090. The lowest BCUT2D eigenvalue weighted by Crippen LogP contribution is -2.37. The SMILES string of the molecule is COc1ccc(C(CNC(=O)c2c(C)nn(Cc3ccc(C)cc3)c2Cl)N2CCCC2)cc1. The molecule has 174 valence electrons. The molecule has 33 heavy (non-hydrogen) atoms. The van der Waals surface area contributed by atoms with Crippen LogP contribution in [0.2, 0.25) is 5.15 Å². The second kappa shape index (κ2) is 10.4. The molecule has 0 saturated carbocycles. The third kappa shape index (κ3) is 5.40. The van der Waals surface area contributed by atoms with E-state index in [0.29, 0.717) is 29.5 Å². The highest BCUT2D eigenvalue weighted by Crippen LogP contribution is 2.27. The predicted molar refractivity (Wildman–Crippen MR) is 131 cm³/mol. The lowest BCUT2D eigenvalue weighted by Gasteiger charge is -2.28. The van der Waals surface area contributed by atoms with Crippen molar-refractivity contribution >= 4 is 17.5 Å². The number of amides is 1. The van der Waals surface area contributed by atoms with Crippen molar-refractivity contribution in [1.82, 2.24) is 20.0 Å². The molecule has 0 spiro atoms. The lowest BCUT2D eigenvalue weighted by atomic mass is 10.0. The first-order valence-corrected chi connectivity index (χ1v) is 11.8. The number of benzene rings is 2. The lowest BCUT2D eigenvalue weighted by molar-refractivity contribution is 0.0937. The maximum atomic E-state index is 13.2. The summed E-state index contributed by atoms with van der Waals surface area (Å²) in [6, 6.07) is 16.4. The molecule has 1 aliphatic rings. The Hall–Kier alpha value is -2.83. The average molecular weight is 467 g/mol. The molecule has 3 aromatic rings. The van der Waals surface area contributed by atoms with Gasteiger partial charge in [-0.1, -0.05) is 53.6 Å². The molecule has 7 heteroatoms. The molecule has 1 unspecified atom stereocenters. The molecule has 1 saturated heterocycles. The number of nitrogens with zero attached hydrogens (tertiary/aromatic N) is 3. The quantitative estimate of drug-likeness (QED) is 0.519. The first-order chi connectivity index (χ1) is 16.0. The van der Waals surface area contributed by atoms with E-state index in [9.17, 15) is 4.79 Å². The van der Waals surface area contributed by atoms with Gasteiger partial charge in [0.1, 0.15) is 10.9 Å². The number of likely N-dealkylation sites (tertiary alicyclic amines) is 1. The number of aryl methyl sites for hydroxylation is 2. The predicted octanol–water partition coefficient (Wildman–Crippen LogP) is 4.78. The molecule has 1 atom stereocenters. The van der Waals surface area contributed by atoms with E-state index in [1.165, 1.54) is 18.4 Å². The molecule has 1 N–H and O–H groups in total. The number of hydrogen-bond acceptors (Lipinski definition) is 4. The topological polar surface area (TPSA) is 59.4 Å². The Morgan fingerprint density at radius 1 is 1.09 bits per heavy atom. The normalized spacial score (nSPS) is 14.9. The van der Waals surface area contributed by atoms with Crippen LogP contribution in [0.1, 0.15) is 51.6 Å². The number of aromatic nitrogens is 2. The van der Waals surface area contributed by atoms with E-state index in [-0.39, 0.29) is 11.9 Å². The molecule has 2 heterocycles. The Kier molecular flexibility index (Phi) is 7.36. The minimum absolute atomic E-state index is 0.101. The molecule has 2 aromatic carbocycles. The van der Waals surface area contributed by atoms with E-state index in [4.69, 9.17) is 16.3 Å². The van der Waals surface area contributed by atoms with Crippen LogP contribution in [0, 0.1) is 13.8 Å². The van der Waals surface area contributed by atoms with E-state index >= 15 is 0 Å². The van der Waals surface area contributed by atoms with Crippen LogP contribution in [0.25, 0.3) is 0 Å². The van der Waals surface area contributed by atoms with Crippen LogP contribution >= 0.6 is 11.6 Å². The van der Waals surface area contributed by atoms with Crippen molar-refractivity contribution < 1.29 is 9.53 Å². The van der Waals surface area contributed by atoms with Gasteiger partial charge in [-0.3, -0.25) is 9.69 Å². The van der Waals surface area contributed by atoms with E-state index in [1.807, 2.05) is 19.1 Å². The molecule has 0 bridgehead atoms. The van der Waals surface area contributed by atoms with Gasteiger partial charge in [-0.05, 0) is 63.0 Å². The molecule has 4 rings (SSSR count). The van der Waals surface area contributed by atoms with Gasteiger partial charge in [-0.15, -0.1) is 0 Å². The third-order valence-electron chi connectivity index (χ3n) is 6.28. The highest BCUT2D eigenvalue weighted by molar-refractivity contribution is 6.33. The fourth-order valence-electron chi connectivity index (χ4n) is 4.40. The molecular formula is C26H31ClN4O2. The molecular weight excluding hydrogens is 436 g/mol. The number of hydrogen-bond donors (Lipinski definition) is 1. The van der Waals surface area contributed by atoms with Crippen molar-refractivity contribution in [2.75, 3.05) is 26.7 Å². The summed E-state index contributed by atoms with van der Waals surface area (Å²) in [4.78, 5) is 15.6. The Labute approximate surface area is 200 Å². The van der Waals surface area contributed by atoms with Crippen LogP contribution in [0.4, 0.5) is 0 Å². The number of ether oxygens (including phenoxy) is 1. The van der Waals surface area contributed by atoms with Gasteiger partial charge in [0.15, 0.2) is 0 Å². The molecule has 6 nitrogen and oxygen atoms in total. The first kappa shape index (κ1) is 23.3. The van der Waals surface area contributed by atoms with Crippen LogP contribution in [0.15, 0.2) is 48.5 Å². The minimum Gasteiger partial charge on any atom is -0.497 e. The van der Waals surface area contributed by atoms with E-state index in [1.54, 1.807) is 11.8 Å². The number of methoxy groups -OCH3 is 1. The summed E-state index contributed by atoms with van der Waals surface area (Å²) in [5.74, 6) is 0.636. The molecule has 1 aliphatic heterocycles. The summed E-state index contributed by atoms with van der Waals surface area (Å²) in [5.41, 5.74) is 4.53. The van der Waals surface area contributed by atoms with Crippen molar-refractivity contribution in [3.05, 3.63) is 81.6 Å². The van der Waals surface area contributed by atoms with E-state index in [2.05, 4.69) is 58.6 Å². The van der Waals surface area contributed by atoms with Gasteiger partial charge in [-0.2, -0.15) is 5.10 Å². The summed E-state index contributed by atoms with van der Waals surface area (Å²) in [5, 5.41) is 8.02. The van der Waals surface area contributed by atoms with Crippen LogP contribution in [0.3, 0.4) is 0 Å². The number of halogens is 1. The van der Waals surface area contributed by atoms with Crippen molar-refractivity contribution in [2.45, 2.75) is 39.3 Å². The molecule has 1 amide bonds. The Balaban J connectivity index is 1.49. The number of nitrogens with one attached hydrogen (secondary N) is 1. The second-order valence-corrected chi connectivity index (χ2v) is 8.99. The molecule has 1 fully saturated rings. The van der Waals surface area contributed by atoms with Gasteiger partial charge >= 0.3 is 0 Å². The molecule has 0 radical (unpaired) electrons. The average Bonchev–Trinajstić information content (AvgIpc) is 3.44. The maximum Gasteiger partial charge on any atom is 0.256 e. The summed E-state index contributed by atoms with van der Waals surface area (Å²) >= 11 is 6.61. The summed E-state index contributed by atoms with van der Waals surface area (Å²) in [6.07, 6.45) is 2.36. The zero-order valence-electron chi connectivity index (χ0n) is 19.5. The Morgan fingerprint density at radius 3 is 2.39 bits per heavy atom. The van der Waals surface area contributed by atoms with E-state index in [0.717, 1.165) is 30.0 Å². The zero-order valence-corrected chi connectivity index (χ0v) is 20.2. The van der Waals surface area contributed by atoms with Crippen molar-refractivity contribution in [3.8, 4) is 5.75 Å². The summed E-state index contributed by atoms with van der Waals surface area (Å²) in [7, 11) is 1.66. The number of carbonyl (C=O) groups excluding carboxylic acids is 1. The molecule has 0 aliphatic carbocycles. The third-order valence-corrected chi connectivity index (χ3v) is 6.67. The van der Waals surface area contributed by atoms with Gasteiger partial charge in [0, 0.05) is 6.54 Å². The van der Waals surface area contributed by atoms with Gasteiger partial charge < -0.3 is 10.1 Å². The number of rotatable bonds is 8. The van der Waals surface area contributed by atoms with Crippen LogP contribution in [-0.2, 0) is 6.54 Å². The highest BCUT2D eigenvalue weighted by atomic mass is 35.5. The largest absolute Gasteiger partial charge is 0.497 e. The smallest absolute Gasteiger partial charge is 0.256 e. The molecule has 1 aromatic heterocycles. The second-order valence-electron chi connectivity index (χ2n) is 8.64. The summed E-state index contributed by atoms with van der Waals surface area (Å²) in [6.45, 7) is 6.97. The monoisotopic (exact) mass is 466 g/mol. The summed E-state index contributed by atoms with van der Waals surface area (Å²) < 4.78 is 6.99. The van der Waals surface area contributed by atoms with Crippen LogP contribution < -0.4 is 10.1 Å². The van der Waals surface area contributed by atoms with Gasteiger partial charge in [0.2, 0.25) is 0 Å². The van der Waals surface area contributed by atoms with Crippen LogP contribution in [0.5, 0.6) is 5.75 Å². The Morgan fingerprint density at radius 2 is 1.76 bits per heavy atom. The van der Waals surface area contributed by atoms with Crippen molar-refractivity contribution in [2.24, 2.45) is 0 Å². The van der Waals surface area contributed by atoms with Crippen molar-refractivity contribution in [3.63, 3.8) is 0 Å². The van der Waals surface area contributed by atoms with E-state index < -0.39 is 0 Å².